The minimum absolute atomic E-state index is 0.172. The van der Waals surface area contributed by atoms with E-state index in [9.17, 15) is 4.79 Å². The molecule has 3 aromatic rings. The van der Waals surface area contributed by atoms with Crippen LogP contribution in [0.4, 0.5) is 5.69 Å². The molecule has 0 unspecified atom stereocenters. The number of nitrogens with zero attached hydrogens (tertiary/aromatic N) is 4. The fourth-order valence-electron chi connectivity index (χ4n) is 2.11. The number of nitrogens with one attached hydrogen (secondary N) is 1. The van der Waals surface area contributed by atoms with E-state index in [1.165, 1.54) is 11.8 Å². The number of aromatic nitrogens is 4. The maximum absolute atomic E-state index is 12.1. The molecule has 0 atom stereocenters. The number of amides is 1. The zero-order valence-electron chi connectivity index (χ0n) is 13.1. The first-order valence-electron chi connectivity index (χ1n) is 7.22. The molecule has 6 nitrogen and oxygen atoms in total. The summed E-state index contributed by atoms with van der Waals surface area (Å²) in [7, 11) is 1.85. The van der Waals surface area contributed by atoms with Crippen molar-refractivity contribution in [3.63, 3.8) is 0 Å². The van der Waals surface area contributed by atoms with Crippen molar-refractivity contribution in [1.82, 2.24) is 19.7 Å². The second-order valence-corrected chi connectivity index (χ2v) is 6.77. The first-order valence-corrected chi connectivity index (χ1v) is 8.97. The largest absolute Gasteiger partial charge is 0.324 e. The van der Waals surface area contributed by atoms with E-state index in [0.717, 1.165) is 5.56 Å². The highest BCUT2D eigenvalue weighted by Gasteiger charge is 2.14. The van der Waals surface area contributed by atoms with Gasteiger partial charge in [-0.3, -0.25) is 9.78 Å². The van der Waals surface area contributed by atoms with Crippen LogP contribution >= 0.6 is 35.0 Å². The predicted octanol–water partition coefficient (Wildman–Crippen LogP) is 3.91. The zero-order valence-corrected chi connectivity index (χ0v) is 15.4. The van der Waals surface area contributed by atoms with Crippen LogP contribution in [0, 0.1) is 0 Å². The Kier molecular flexibility index (Phi) is 5.57. The van der Waals surface area contributed by atoms with Gasteiger partial charge in [0.15, 0.2) is 11.0 Å². The van der Waals surface area contributed by atoms with E-state index in [2.05, 4.69) is 20.5 Å². The molecule has 9 heteroatoms. The summed E-state index contributed by atoms with van der Waals surface area (Å²) in [6, 6.07) is 8.79. The van der Waals surface area contributed by atoms with Crippen molar-refractivity contribution in [2.24, 2.45) is 7.05 Å². The molecule has 0 aliphatic rings. The Labute approximate surface area is 158 Å². The van der Waals surface area contributed by atoms with Crippen molar-refractivity contribution >= 4 is 46.6 Å². The number of carbonyl (C=O) groups excluding carboxylic acids is 1. The van der Waals surface area contributed by atoms with Crippen LogP contribution in [0.2, 0.25) is 10.0 Å². The molecule has 1 aromatic carbocycles. The van der Waals surface area contributed by atoms with E-state index in [1.807, 2.05) is 23.7 Å². The van der Waals surface area contributed by atoms with E-state index in [-0.39, 0.29) is 11.7 Å². The third-order valence-corrected chi connectivity index (χ3v) is 5.17. The molecule has 0 aliphatic carbocycles. The molecule has 0 aliphatic heterocycles. The topological polar surface area (TPSA) is 72.7 Å². The lowest BCUT2D eigenvalue weighted by atomic mass is 10.2. The monoisotopic (exact) mass is 393 g/mol. The van der Waals surface area contributed by atoms with Crippen LogP contribution in [0.25, 0.3) is 11.4 Å². The van der Waals surface area contributed by atoms with Crippen molar-refractivity contribution in [2.45, 2.75) is 5.16 Å². The van der Waals surface area contributed by atoms with Gasteiger partial charge < -0.3 is 9.88 Å². The Morgan fingerprint density at radius 1 is 1.20 bits per heavy atom. The Hall–Kier alpha value is -2.09. The number of carbonyl (C=O) groups is 1. The number of anilines is 1. The van der Waals surface area contributed by atoms with Crippen molar-refractivity contribution in [3.8, 4) is 11.4 Å². The van der Waals surface area contributed by atoms with Gasteiger partial charge in [-0.2, -0.15) is 0 Å². The fraction of sp³-hybridized carbons (Fsp3) is 0.125. The Bertz CT molecular complexity index is 901. The number of hydrogen-bond acceptors (Lipinski definition) is 5. The Balaban J connectivity index is 1.65. The van der Waals surface area contributed by atoms with Gasteiger partial charge in [0.05, 0.1) is 21.5 Å². The number of benzene rings is 1. The summed E-state index contributed by atoms with van der Waals surface area (Å²) >= 11 is 13.3. The van der Waals surface area contributed by atoms with Gasteiger partial charge in [-0.1, -0.05) is 41.0 Å². The summed E-state index contributed by atoms with van der Waals surface area (Å²) < 4.78 is 1.83. The highest BCUT2D eigenvalue weighted by Crippen LogP contribution is 2.30. The lowest BCUT2D eigenvalue weighted by molar-refractivity contribution is -0.113. The first-order chi connectivity index (χ1) is 12.1. The highest BCUT2D eigenvalue weighted by molar-refractivity contribution is 7.99. The molecule has 3 rings (SSSR count). The van der Waals surface area contributed by atoms with Gasteiger partial charge in [0.25, 0.3) is 0 Å². The third-order valence-electron chi connectivity index (χ3n) is 3.33. The van der Waals surface area contributed by atoms with Gasteiger partial charge in [-0.15, -0.1) is 10.2 Å². The first kappa shape index (κ1) is 17.7. The minimum atomic E-state index is -0.206. The van der Waals surface area contributed by atoms with Gasteiger partial charge >= 0.3 is 0 Å². The maximum Gasteiger partial charge on any atom is 0.234 e. The molecule has 0 bridgehead atoms. The molecule has 0 saturated heterocycles. The lowest BCUT2D eigenvalue weighted by Crippen LogP contribution is -2.14. The van der Waals surface area contributed by atoms with Crippen LogP contribution in [0.5, 0.6) is 0 Å². The molecule has 0 radical (unpaired) electrons. The van der Waals surface area contributed by atoms with Crippen molar-refractivity contribution in [2.75, 3.05) is 11.1 Å². The number of pyridine rings is 1. The molecule has 2 heterocycles. The molecule has 0 fully saturated rings. The lowest BCUT2D eigenvalue weighted by Gasteiger charge is -2.08. The van der Waals surface area contributed by atoms with Crippen LogP contribution in [0.3, 0.4) is 0 Å². The Morgan fingerprint density at radius 2 is 1.96 bits per heavy atom. The van der Waals surface area contributed by atoms with Gasteiger partial charge in [0.1, 0.15) is 0 Å². The van der Waals surface area contributed by atoms with Gasteiger partial charge in [-0.05, 0) is 24.3 Å². The number of rotatable bonds is 5. The molecule has 2 aromatic heterocycles. The molecule has 1 amide bonds. The van der Waals surface area contributed by atoms with Crippen molar-refractivity contribution in [1.29, 1.82) is 0 Å². The van der Waals surface area contributed by atoms with E-state index in [1.54, 1.807) is 30.6 Å². The zero-order chi connectivity index (χ0) is 17.8. The van der Waals surface area contributed by atoms with Gasteiger partial charge in [-0.25, -0.2) is 0 Å². The summed E-state index contributed by atoms with van der Waals surface area (Å²) in [4.78, 5) is 16.1. The van der Waals surface area contributed by atoms with E-state index in [4.69, 9.17) is 23.2 Å². The highest BCUT2D eigenvalue weighted by atomic mass is 35.5. The van der Waals surface area contributed by atoms with Crippen molar-refractivity contribution in [3.05, 3.63) is 52.8 Å². The van der Waals surface area contributed by atoms with Crippen LogP contribution in [-0.4, -0.2) is 31.4 Å². The van der Waals surface area contributed by atoms with E-state index < -0.39 is 0 Å². The second kappa shape index (κ2) is 7.86. The summed E-state index contributed by atoms with van der Waals surface area (Å²) in [5.74, 6) is 0.677. The van der Waals surface area contributed by atoms with Crippen LogP contribution < -0.4 is 5.32 Å². The SMILES string of the molecule is Cn1c(SCC(=O)Nc2cccc(Cl)c2Cl)nnc1-c1ccncc1. The van der Waals surface area contributed by atoms with Gasteiger partial charge in [0.2, 0.25) is 5.91 Å². The number of hydrogen-bond donors (Lipinski definition) is 1. The maximum atomic E-state index is 12.1. The minimum Gasteiger partial charge on any atom is -0.324 e. The molecule has 0 saturated carbocycles. The molecular weight excluding hydrogens is 381 g/mol. The fourth-order valence-corrected chi connectivity index (χ4v) is 3.17. The molecule has 1 N–H and O–H groups in total. The molecule has 0 spiro atoms. The molecule has 128 valence electrons. The predicted molar refractivity (Wildman–Crippen MR) is 100 cm³/mol. The van der Waals surface area contributed by atoms with Crippen LogP contribution in [-0.2, 0) is 11.8 Å². The smallest absolute Gasteiger partial charge is 0.234 e. The van der Waals surface area contributed by atoms with E-state index in [0.29, 0.717) is 26.7 Å². The average Bonchev–Trinajstić information content (AvgIpc) is 2.99. The summed E-state index contributed by atoms with van der Waals surface area (Å²) in [5, 5.41) is 12.4. The number of halogens is 2. The Morgan fingerprint density at radius 3 is 2.72 bits per heavy atom. The summed E-state index contributed by atoms with van der Waals surface area (Å²) in [6.07, 6.45) is 3.39. The van der Waals surface area contributed by atoms with Gasteiger partial charge in [0, 0.05) is 25.0 Å². The summed E-state index contributed by atoms with van der Waals surface area (Å²) in [6.45, 7) is 0. The second-order valence-electron chi connectivity index (χ2n) is 5.04. The third kappa shape index (κ3) is 4.12. The quantitative estimate of drug-likeness (QED) is 0.665. The molecule has 25 heavy (non-hydrogen) atoms. The van der Waals surface area contributed by atoms with Crippen molar-refractivity contribution < 1.29 is 4.79 Å². The van der Waals surface area contributed by atoms with E-state index >= 15 is 0 Å². The normalized spacial score (nSPS) is 10.7. The molecular formula is C16H13Cl2N5OS. The van der Waals surface area contributed by atoms with Crippen LogP contribution in [0.1, 0.15) is 0 Å². The average molecular weight is 394 g/mol. The number of thioether (sulfide) groups is 1. The standard InChI is InChI=1S/C16H13Cl2N5OS/c1-23-15(10-5-7-19-8-6-10)21-22-16(23)25-9-13(24)20-12-4-2-3-11(17)14(12)18/h2-8H,9H2,1H3,(H,20,24). The van der Waals surface area contributed by atoms with Crippen LogP contribution in [0.15, 0.2) is 47.9 Å². The summed E-state index contributed by atoms with van der Waals surface area (Å²) in [5.41, 5.74) is 1.39.